The number of halogens is 2. The molecule has 0 spiro atoms. The number of fused-ring (bicyclic) bond motifs is 1. The number of hydrogen-bond acceptors (Lipinski definition) is 9. The second-order valence-corrected chi connectivity index (χ2v) is 10.00. The average molecular weight is 586 g/mol. The third-order valence-corrected chi connectivity index (χ3v) is 7.04. The van der Waals surface area contributed by atoms with Crippen LogP contribution in [0.4, 0.5) is 20.5 Å². The van der Waals surface area contributed by atoms with Crippen molar-refractivity contribution in [1.29, 1.82) is 0 Å². The van der Waals surface area contributed by atoms with E-state index in [0.717, 1.165) is 0 Å². The quantitative estimate of drug-likeness (QED) is 0.234. The number of rotatable bonds is 10. The van der Waals surface area contributed by atoms with E-state index in [0.29, 0.717) is 72.3 Å². The summed E-state index contributed by atoms with van der Waals surface area (Å²) < 4.78 is 64.2. The van der Waals surface area contributed by atoms with Crippen molar-refractivity contribution in [3.05, 3.63) is 54.1 Å². The lowest BCUT2D eigenvalue weighted by molar-refractivity contribution is 0.122. The summed E-state index contributed by atoms with van der Waals surface area (Å²) in [5, 5.41) is 0.629. The number of nitrogens with one attached hydrogen (secondary N) is 1. The van der Waals surface area contributed by atoms with Crippen LogP contribution < -0.4 is 20.1 Å². The Kier molecular flexibility index (Phi) is 8.93. The van der Waals surface area contributed by atoms with Crippen molar-refractivity contribution in [2.24, 2.45) is 0 Å². The first-order chi connectivity index (χ1) is 19.9. The van der Waals surface area contributed by atoms with E-state index >= 15 is 4.39 Å². The van der Waals surface area contributed by atoms with Crippen LogP contribution in [0.25, 0.3) is 33.4 Å². The van der Waals surface area contributed by atoms with Crippen molar-refractivity contribution in [2.75, 3.05) is 50.1 Å². The Morgan fingerprint density at radius 3 is 2.66 bits per heavy atom. The maximum absolute atomic E-state index is 15.8. The Morgan fingerprint density at radius 1 is 1.20 bits per heavy atom. The molecule has 0 radical (unpaired) electrons. The van der Waals surface area contributed by atoms with E-state index in [1.54, 1.807) is 36.7 Å². The monoisotopic (exact) mass is 585 g/mol. The SMILES string of the molecule is CCOc1cc(-c2cccc(C(F)CCNS(=O)O)c2F)cc2c(N3CCOCC3)nc(-c3cnc(N)nc3)nc12. The van der Waals surface area contributed by atoms with Gasteiger partial charge in [0.1, 0.15) is 29.1 Å². The molecule has 0 aliphatic carbocycles. The molecular weight excluding hydrogens is 556 g/mol. The maximum atomic E-state index is 15.8. The Balaban J connectivity index is 1.65. The number of morpholine rings is 1. The predicted octanol–water partition coefficient (Wildman–Crippen LogP) is 3.84. The van der Waals surface area contributed by atoms with Crippen LogP contribution in [0.1, 0.15) is 25.1 Å². The highest BCUT2D eigenvalue weighted by Crippen LogP contribution is 2.39. The molecule has 3 heterocycles. The number of nitrogens with zero attached hydrogens (tertiary/aromatic N) is 5. The van der Waals surface area contributed by atoms with Gasteiger partial charge in [0, 0.05) is 48.5 Å². The van der Waals surface area contributed by atoms with E-state index in [9.17, 15) is 8.60 Å². The van der Waals surface area contributed by atoms with Gasteiger partial charge in [0.2, 0.25) is 17.2 Å². The summed E-state index contributed by atoms with van der Waals surface area (Å²) in [5.74, 6) is 0.790. The van der Waals surface area contributed by atoms with Crippen LogP contribution in [-0.2, 0) is 16.0 Å². The molecule has 2 atom stereocenters. The van der Waals surface area contributed by atoms with Gasteiger partial charge in [-0.3, -0.25) is 4.55 Å². The number of nitrogens with two attached hydrogens (primary N) is 1. The van der Waals surface area contributed by atoms with Gasteiger partial charge in [-0.25, -0.2) is 37.6 Å². The molecule has 11 nitrogen and oxygen atoms in total. The lowest BCUT2D eigenvalue weighted by atomic mass is 9.97. The van der Waals surface area contributed by atoms with Gasteiger partial charge in [0.05, 0.1) is 25.4 Å². The third-order valence-electron chi connectivity index (χ3n) is 6.59. The Hall–Kier alpha value is -3.85. The summed E-state index contributed by atoms with van der Waals surface area (Å²) in [4.78, 5) is 19.8. The van der Waals surface area contributed by atoms with Crippen molar-refractivity contribution in [3.8, 4) is 28.3 Å². The molecule has 41 heavy (non-hydrogen) atoms. The molecule has 4 N–H and O–H groups in total. The Bertz CT molecular complexity index is 1560. The first kappa shape index (κ1) is 28.7. The van der Waals surface area contributed by atoms with Crippen LogP contribution in [0.15, 0.2) is 42.7 Å². The van der Waals surface area contributed by atoms with E-state index in [1.165, 1.54) is 6.07 Å². The zero-order valence-electron chi connectivity index (χ0n) is 22.2. The molecule has 2 unspecified atom stereocenters. The first-order valence-electron chi connectivity index (χ1n) is 13.0. The molecule has 1 fully saturated rings. The number of aromatic nitrogens is 4. The number of hydrogen-bond donors (Lipinski definition) is 3. The highest BCUT2D eigenvalue weighted by atomic mass is 32.2. The zero-order chi connectivity index (χ0) is 28.9. The highest BCUT2D eigenvalue weighted by molar-refractivity contribution is 7.77. The van der Waals surface area contributed by atoms with Gasteiger partial charge in [-0.15, -0.1) is 0 Å². The van der Waals surface area contributed by atoms with Gasteiger partial charge in [0.15, 0.2) is 5.82 Å². The second-order valence-electron chi connectivity index (χ2n) is 9.21. The number of benzene rings is 2. The molecule has 2 aromatic heterocycles. The van der Waals surface area contributed by atoms with E-state index in [1.807, 2.05) is 6.92 Å². The molecule has 1 aliphatic rings. The van der Waals surface area contributed by atoms with E-state index in [-0.39, 0.29) is 30.0 Å². The second kappa shape index (κ2) is 12.8. The van der Waals surface area contributed by atoms with Crippen LogP contribution in [0.2, 0.25) is 0 Å². The molecular formula is C27H29F2N7O4S. The normalized spacial score (nSPS) is 15.2. The molecule has 0 bridgehead atoms. The van der Waals surface area contributed by atoms with Crippen LogP contribution in [0.3, 0.4) is 0 Å². The molecule has 0 saturated carbocycles. The Morgan fingerprint density at radius 2 is 1.95 bits per heavy atom. The van der Waals surface area contributed by atoms with E-state index in [4.69, 9.17) is 29.7 Å². The summed E-state index contributed by atoms with van der Waals surface area (Å²) in [6.45, 7) is 4.24. The molecule has 4 aromatic rings. The number of nitrogen functional groups attached to an aromatic ring is 1. The predicted molar refractivity (Wildman–Crippen MR) is 152 cm³/mol. The molecule has 5 rings (SSSR count). The zero-order valence-corrected chi connectivity index (χ0v) is 23.0. The van der Waals surface area contributed by atoms with Crippen molar-refractivity contribution < 1.29 is 27.0 Å². The summed E-state index contributed by atoms with van der Waals surface area (Å²) in [6, 6.07) is 7.97. The van der Waals surface area contributed by atoms with E-state index in [2.05, 4.69) is 19.6 Å². The minimum Gasteiger partial charge on any atom is -0.492 e. The van der Waals surface area contributed by atoms with Crippen LogP contribution in [-0.4, -0.2) is 68.2 Å². The van der Waals surface area contributed by atoms with Gasteiger partial charge < -0.3 is 20.1 Å². The molecule has 1 saturated heterocycles. The fourth-order valence-electron chi connectivity index (χ4n) is 4.65. The summed E-state index contributed by atoms with van der Waals surface area (Å²) in [5.41, 5.74) is 7.24. The number of anilines is 2. The topological polar surface area (TPSA) is 149 Å². The maximum Gasteiger partial charge on any atom is 0.231 e. The van der Waals surface area contributed by atoms with Crippen molar-refractivity contribution >= 4 is 33.9 Å². The number of ether oxygens (including phenoxy) is 2. The molecule has 216 valence electrons. The summed E-state index contributed by atoms with van der Waals surface area (Å²) in [6.07, 6.45) is 1.23. The highest BCUT2D eigenvalue weighted by Gasteiger charge is 2.24. The van der Waals surface area contributed by atoms with Gasteiger partial charge in [-0.1, -0.05) is 18.2 Å². The van der Waals surface area contributed by atoms with Gasteiger partial charge >= 0.3 is 0 Å². The summed E-state index contributed by atoms with van der Waals surface area (Å²) >= 11 is -2.28. The fraction of sp³-hybridized carbons (Fsp3) is 0.333. The van der Waals surface area contributed by atoms with Crippen LogP contribution >= 0.6 is 0 Å². The molecule has 14 heteroatoms. The smallest absolute Gasteiger partial charge is 0.231 e. The van der Waals surface area contributed by atoms with Crippen molar-refractivity contribution in [2.45, 2.75) is 19.5 Å². The van der Waals surface area contributed by atoms with Gasteiger partial charge in [-0.05, 0) is 31.0 Å². The lowest BCUT2D eigenvalue weighted by Gasteiger charge is -2.29. The third kappa shape index (κ3) is 6.40. The molecule has 0 amide bonds. The van der Waals surface area contributed by atoms with Crippen LogP contribution in [0, 0.1) is 5.82 Å². The largest absolute Gasteiger partial charge is 0.492 e. The molecule has 2 aromatic carbocycles. The van der Waals surface area contributed by atoms with Crippen molar-refractivity contribution in [3.63, 3.8) is 0 Å². The molecule has 1 aliphatic heterocycles. The van der Waals surface area contributed by atoms with E-state index < -0.39 is 23.3 Å². The lowest BCUT2D eigenvalue weighted by Crippen LogP contribution is -2.37. The summed E-state index contributed by atoms with van der Waals surface area (Å²) in [7, 11) is 0. The van der Waals surface area contributed by atoms with Crippen molar-refractivity contribution in [1.82, 2.24) is 24.7 Å². The minimum absolute atomic E-state index is 0.0972. The first-order valence-corrected chi connectivity index (χ1v) is 14.1. The Labute approximate surface area is 237 Å². The van der Waals surface area contributed by atoms with Gasteiger partial charge in [0.25, 0.3) is 0 Å². The van der Waals surface area contributed by atoms with Gasteiger partial charge in [-0.2, -0.15) is 0 Å². The van der Waals surface area contributed by atoms with Crippen LogP contribution in [0.5, 0.6) is 5.75 Å². The minimum atomic E-state index is -2.28. The average Bonchev–Trinajstić information content (AvgIpc) is 2.97. The fourth-order valence-corrected chi connectivity index (χ4v) is 4.94. The number of alkyl halides is 1. The standard InChI is InChI=1S/C27H29F2N7O4S/c1-2-40-22-13-16(18-4-3-5-19(23(18)29)21(28)6-7-33-41(37)38)12-20-24(22)34-25(17-14-31-27(30)32-15-17)35-26(20)36-8-10-39-11-9-36/h3-5,12-15,21,33H,2,6-11H2,1H3,(H,37,38)(H2,30,31,32).